The summed E-state index contributed by atoms with van der Waals surface area (Å²) in [5.41, 5.74) is 0.620. The standard InChI is InChI=1S/C51H80N6O13/c1-15-30(8)42-40(69-33(11)58)26-41(59)70-45(29(6)7)44(60)31(9)46(61)53-37(24-28(4)5)49(64)57-22-16-17-38(57)50(65)56(13)39(25-34-18-20-35(67-14)21-19-34)51(66)68-32(10)43(48(63)54-42)55-47(62)36(52-12)23-27(2)3/h18-21,27-32,36-40,42-43,45,52H,15-17,22-26H2,1-14H3,(H,53,61)(H,54,63)(H,55,62)/t30-,31-,32+,36+,37-,38-,39-,40-,42-,43-,45-/m0/s1. The molecule has 0 radical (unpaired) electrons. The van der Waals surface area contributed by atoms with Crippen LogP contribution in [-0.4, -0.2) is 145 Å². The van der Waals surface area contributed by atoms with Crippen molar-refractivity contribution < 1.29 is 62.1 Å². The highest BCUT2D eigenvalue weighted by Gasteiger charge is 2.45. The fourth-order valence-electron chi connectivity index (χ4n) is 8.85. The number of cyclic esters (lactones) is 2. The molecule has 0 saturated carbocycles. The van der Waals surface area contributed by atoms with Gasteiger partial charge in [-0.05, 0) is 87.9 Å². The number of ether oxygens (including phenoxy) is 4. The summed E-state index contributed by atoms with van der Waals surface area (Å²) in [5, 5.41) is 11.4. The minimum Gasteiger partial charge on any atom is -0.497 e. The first kappa shape index (κ1) is 58.7. The van der Waals surface area contributed by atoms with Crippen molar-refractivity contribution in [3.63, 3.8) is 0 Å². The van der Waals surface area contributed by atoms with Crippen molar-refractivity contribution in [2.24, 2.45) is 29.6 Å². The molecule has 2 fully saturated rings. The van der Waals surface area contributed by atoms with E-state index in [9.17, 15) is 43.2 Å². The lowest BCUT2D eigenvalue weighted by atomic mass is 9.91. The number of carbonyl (C=O) groups is 9. The molecule has 0 aliphatic carbocycles. The molecular formula is C51H80N6O13. The zero-order valence-corrected chi connectivity index (χ0v) is 43.8. The van der Waals surface area contributed by atoms with E-state index < -0.39 is 132 Å². The predicted octanol–water partition coefficient (Wildman–Crippen LogP) is 3.28. The molecule has 0 bridgehead atoms. The maximum atomic E-state index is 14.8. The molecule has 2 aliphatic heterocycles. The predicted molar refractivity (Wildman–Crippen MR) is 260 cm³/mol. The summed E-state index contributed by atoms with van der Waals surface area (Å²) < 4.78 is 22.9. The van der Waals surface area contributed by atoms with Gasteiger partial charge in [-0.15, -0.1) is 0 Å². The number of ketones is 1. The van der Waals surface area contributed by atoms with E-state index in [0.717, 1.165) is 6.92 Å². The van der Waals surface area contributed by atoms with Crippen LogP contribution in [0.1, 0.15) is 120 Å². The number of nitrogens with zero attached hydrogens (tertiary/aromatic N) is 2. The molecule has 0 spiro atoms. The summed E-state index contributed by atoms with van der Waals surface area (Å²) >= 11 is 0. The minimum absolute atomic E-state index is 0.0626. The second-order valence-corrected chi connectivity index (χ2v) is 20.0. The van der Waals surface area contributed by atoms with Crippen LogP contribution >= 0.6 is 0 Å². The molecule has 0 aromatic heterocycles. The van der Waals surface area contributed by atoms with E-state index in [-0.39, 0.29) is 37.6 Å². The monoisotopic (exact) mass is 985 g/mol. The second kappa shape index (κ2) is 27.1. The summed E-state index contributed by atoms with van der Waals surface area (Å²) in [7, 11) is 4.54. The molecule has 1 aromatic carbocycles. The number of hydrogen-bond acceptors (Lipinski definition) is 14. The highest BCUT2D eigenvalue weighted by molar-refractivity contribution is 6.05. The lowest BCUT2D eigenvalue weighted by molar-refractivity contribution is -0.166. The fourth-order valence-corrected chi connectivity index (χ4v) is 8.85. The lowest BCUT2D eigenvalue weighted by Gasteiger charge is -2.35. The lowest BCUT2D eigenvalue weighted by Crippen LogP contribution is -2.61. The van der Waals surface area contributed by atoms with Gasteiger partial charge in [0.25, 0.3) is 0 Å². The van der Waals surface area contributed by atoms with Crippen LogP contribution in [0.3, 0.4) is 0 Å². The number of likely N-dealkylation sites (N-methyl/N-ethyl adjacent to an activating group) is 2. The number of carbonyl (C=O) groups excluding carboxylic acids is 9. The van der Waals surface area contributed by atoms with Gasteiger partial charge in [0.1, 0.15) is 42.1 Å². The van der Waals surface area contributed by atoms with Crippen LogP contribution in [0.15, 0.2) is 24.3 Å². The molecule has 3 rings (SSSR count). The number of Topliss-reactive ketones (excluding diaryl/α,β-unsaturated/α-hetero) is 1. The number of fused-ring (bicyclic) bond motifs is 1. The van der Waals surface area contributed by atoms with Gasteiger partial charge in [-0.1, -0.05) is 73.9 Å². The Labute approximate surface area is 413 Å². The largest absolute Gasteiger partial charge is 0.497 e. The Balaban J connectivity index is 2.30. The van der Waals surface area contributed by atoms with Crippen LogP contribution in [0.5, 0.6) is 5.75 Å². The highest BCUT2D eigenvalue weighted by atomic mass is 16.6. The van der Waals surface area contributed by atoms with Gasteiger partial charge in [-0.25, -0.2) is 4.79 Å². The molecule has 0 unspecified atom stereocenters. The van der Waals surface area contributed by atoms with E-state index in [2.05, 4.69) is 21.3 Å². The van der Waals surface area contributed by atoms with Crippen molar-refractivity contribution >= 4 is 53.2 Å². The van der Waals surface area contributed by atoms with Crippen LogP contribution in [0.2, 0.25) is 0 Å². The second-order valence-electron chi connectivity index (χ2n) is 20.0. The van der Waals surface area contributed by atoms with Crippen LogP contribution in [-0.2, 0) is 63.8 Å². The van der Waals surface area contributed by atoms with E-state index >= 15 is 0 Å². The molecular weight excluding hydrogens is 905 g/mol. The molecule has 4 N–H and O–H groups in total. The van der Waals surface area contributed by atoms with Crippen LogP contribution in [0.4, 0.5) is 0 Å². The van der Waals surface area contributed by atoms with Gasteiger partial charge in [0, 0.05) is 26.9 Å². The van der Waals surface area contributed by atoms with Gasteiger partial charge in [-0.3, -0.25) is 38.4 Å². The zero-order valence-electron chi connectivity index (χ0n) is 43.8. The Morgan fingerprint density at radius 2 is 1.53 bits per heavy atom. The highest BCUT2D eigenvalue weighted by Crippen LogP contribution is 2.26. The van der Waals surface area contributed by atoms with Crippen molar-refractivity contribution in [2.45, 2.75) is 176 Å². The Morgan fingerprint density at radius 3 is 2.07 bits per heavy atom. The third-order valence-corrected chi connectivity index (χ3v) is 13.2. The van der Waals surface area contributed by atoms with E-state index in [0.29, 0.717) is 30.6 Å². The van der Waals surface area contributed by atoms with Crippen molar-refractivity contribution in [3.8, 4) is 5.75 Å². The maximum absolute atomic E-state index is 14.8. The van der Waals surface area contributed by atoms with Crippen molar-refractivity contribution in [1.82, 2.24) is 31.1 Å². The summed E-state index contributed by atoms with van der Waals surface area (Å²) in [4.78, 5) is 130. The van der Waals surface area contributed by atoms with Crippen LogP contribution in [0, 0.1) is 29.6 Å². The summed E-state index contributed by atoms with van der Waals surface area (Å²) in [6.07, 6.45) is -3.24. The number of methoxy groups -OCH3 is 1. The molecule has 11 atom stereocenters. The number of amides is 5. The van der Waals surface area contributed by atoms with Gasteiger partial charge in [0.05, 0.1) is 31.5 Å². The number of benzene rings is 1. The number of hydrogen-bond donors (Lipinski definition) is 4. The SMILES string of the molecule is CC[C@H](C)[C@@H]1NC(=O)[C@@H](NC(=O)[C@@H](CC(C)C)NC)[C@@H](C)OC(=O)[C@H](Cc2ccc(OC)cc2)N(C)C(=O)[C@@H]2CCCN2C(=O)[C@H](CC(C)C)NC(=O)[C@@H](C)C(=O)[C@H](C(C)C)OC(=O)C[C@@H]1OC(C)=O. The molecule has 70 heavy (non-hydrogen) atoms. The van der Waals surface area contributed by atoms with E-state index in [1.807, 2.05) is 34.6 Å². The van der Waals surface area contributed by atoms with Crippen LogP contribution in [0.25, 0.3) is 0 Å². The van der Waals surface area contributed by atoms with Gasteiger partial charge in [0.15, 0.2) is 11.9 Å². The first-order chi connectivity index (χ1) is 32.8. The average Bonchev–Trinajstić information content (AvgIpc) is 3.80. The van der Waals surface area contributed by atoms with Gasteiger partial charge >= 0.3 is 17.9 Å². The molecule has 2 heterocycles. The maximum Gasteiger partial charge on any atom is 0.329 e. The van der Waals surface area contributed by atoms with Gasteiger partial charge in [-0.2, -0.15) is 0 Å². The minimum atomic E-state index is -1.57. The molecule has 19 nitrogen and oxygen atoms in total. The Bertz CT molecular complexity index is 1990. The van der Waals surface area contributed by atoms with Crippen molar-refractivity contribution in [2.75, 3.05) is 27.7 Å². The van der Waals surface area contributed by atoms with E-state index in [4.69, 9.17) is 18.9 Å². The molecule has 2 aliphatic rings. The van der Waals surface area contributed by atoms with Crippen molar-refractivity contribution in [1.29, 1.82) is 0 Å². The Morgan fingerprint density at radius 1 is 0.886 bits per heavy atom. The third kappa shape index (κ3) is 16.2. The number of nitrogens with one attached hydrogen (secondary N) is 4. The normalized spacial score (nSPS) is 27.0. The van der Waals surface area contributed by atoms with E-state index in [1.54, 1.807) is 52.1 Å². The molecule has 2 saturated heterocycles. The van der Waals surface area contributed by atoms with E-state index in [1.165, 1.54) is 37.8 Å². The Kier molecular flexibility index (Phi) is 22.8. The van der Waals surface area contributed by atoms with Crippen molar-refractivity contribution in [3.05, 3.63) is 29.8 Å². The summed E-state index contributed by atoms with van der Waals surface area (Å²) in [5.74, 6) is -8.75. The van der Waals surface area contributed by atoms with Gasteiger partial charge in [0.2, 0.25) is 29.5 Å². The summed E-state index contributed by atoms with van der Waals surface area (Å²) in [6, 6.07) is -0.103. The first-order valence-corrected chi connectivity index (χ1v) is 24.7. The molecule has 19 heteroatoms. The van der Waals surface area contributed by atoms with Crippen LogP contribution < -0.4 is 26.0 Å². The molecule has 392 valence electrons. The fraction of sp³-hybridized carbons (Fsp3) is 0.706. The number of rotatable bonds is 14. The Hall–Kier alpha value is -5.59. The van der Waals surface area contributed by atoms with Gasteiger partial charge < -0.3 is 50.0 Å². The molecule has 1 aromatic rings. The smallest absolute Gasteiger partial charge is 0.329 e. The quantitative estimate of drug-likeness (QED) is 0.119. The average molecular weight is 985 g/mol. The molecule has 5 amide bonds. The zero-order chi connectivity index (χ0) is 52.7. The topological polar surface area (TPSA) is 245 Å². The summed E-state index contributed by atoms with van der Waals surface area (Å²) in [6.45, 7) is 18.5. The third-order valence-electron chi connectivity index (χ3n) is 13.2. The number of esters is 3. The first-order valence-electron chi connectivity index (χ1n) is 24.7.